The summed E-state index contributed by atoms with van der Waals surface area (Å²) in [5, 5.41) is 22.2. The number of para-hydroxylation sites is 1. The van der Waals surface area contributed by atoms with E-state index in [1.165, 1.54) is 6.92 Å². The maximum absolute atomic E-state index is 13.2. The second-order valence-corrected chi connectivity index (χ2v) is 9.61. The van der Waals surface area contributed by atoms with E-state index in [0.717, 1.165) is 36.6 Å². The average molecular weight is 442 g/mol. The summed E-state index contributed by atoms with van der Waals surface area (Å²) in [7, 11) is 0. The maximum Gasteiger partial charge on any atom is 0.272 e. The molecule has 174 valence electrons. The Hall–Kier alpha value is -2.29. The van der Waals surface area contributed by atoms with E-state index in [1.54, 1.807) is 0 Å². The lowest BCUT2D eigenvalue weighted by molar-refractivity contribution is -0.116. The third-order valence-electron chi connectivity index (χ3n) is 6.71. The van der Waals surface area contributed by atoms with Gasteiger partial charge in [0.2, 0.25) is 0 Å². The lowest BCUT2D eigenvalue weighted by Gasteiger charge is -2.40. The molecule has 2 aliphatic rings. The average Bonchev–Trinajstić information content (AvgIpc) is 3.22. The van der Waals surface area contributed by atoms with Crippen molar-refractivity contribution in [2.45, 2.75) is 76.7 Å². The van der Waals surface area contributed by atoms with Gasteiger partial charge in [0.1, 0.15) is 5.78 Å². The predicted octanol–water partition coefficient (Wildman–Crippen LogP) is 1.88. The van der Waals surface area contributed by atoms with Gasteiger partial charge in [-0.1, -0.05) is 18.2 Å². The van der Waals surface area contributed by atoms with E-state index in [0.29, 0.717) is 37.4 Å². The molecule has 4 rings (SSSR count). The highest BCUT2D eigenvalue weighted by Gasteiger charge is 2.41. The van der Waals surface area contributed by atoms with E-state index in [2.05, 4.69) is 34.5 Å². The van der Waals surface area contributed by atoms with Crippen molar-refractivity contribution in [3.63, 3.8) is 0 Å². The van der Waals surface area contributed by atoms with E-state index in [4.69, 9.17) is 0 Å². The Balaban J connectivity index is 1.37. The molecule has 3 N–H and O–H groups in total. The number of rotatable bonds is 9. The van der Waals surface area contributed by atoms with E-state index in [9.17, 15) is 14.7 Å². The standard InChI is InChI=1S/C24H35N5O3/c1-15(2)29-22-7-5-4-6-21(22)23(27-29)24(32)26-17-10-18-8-9-19(11-17)28(18)14-20(31)13-25-12-16(3)30/h4-7,15,17-20,25,31H,8-14H2,1-3H3,(H,26,32). The third kappa shape index (κ3) is 4.87. The highest BCUT2D eigenvalue weighted by molar-refractivity contribution is 6.05. The van der Waals surface area contributed by atoms with Crippen LogP contribution in [0.5, 0.6) is 0 Å². The lowest BCUT2D eigenvalue weighted by atomic mass is 9.96. The summed E-state index contributed by atoms with van der Waals surface area (Å²) >= 11 is 0. The minimum Gasteiger partial charge on any atom is -0.390 e. The van der Waals surface area contributed by atoms with Crippen LogP contribution in [0.1, 0.15) is 63.0 Å². The predicted molar refractivity (Wildman–Crippen MR) is 124 cm³/mol. The largest absolute Gasteiger partial charge is 0.390 e. The third-order valence-corrected chi connectivity index (χ3v) is 6.71. The van der Waals surface area contributed by atoms with Gasteiger partial charge in [0.15, 0.2) is 5.69 Å². The van der Waals surface area contributed by atoms with E-state index in [1.807, 2.05) is 28.9 Å². The maximum atomic E-state index is 13.2. The van der Waals surface area contributed by atoms with Crippen LogP contribution in [0.3, 0.4) is 0 Å². The van der Waals surface area contributed by atoms with E-state index in [-0.39, 0.29) is 23.8 Å². The van der Waals surface area contributed by atoms with Crippen LogP contribution < -0.4 is 10.6 Å². The summed E-state index contributed by atoms with van der Waals surface area (Å²) in [4.78, 5) is 26.6. The fourth-order valence-corrected chi connectivity index (χ4v) is 5.32. The highest BCUT2D eigenvalue weighted by atomic mass is 16.3. The van der Waals surface area contributed by atoms with Crippen molar-refractivity contribution in [1.82, 2.24) is 25.3 Å². The Labute approximate surface area is 189 Å². The van der Waals surface area contributed by atoms with Crippen LogP contribution in [0.25, 0.3) is 10.9 Å². The van der Waals surface area contributed by atoms with Gasteiger partial charge in [0, 0.05) is 42.6 Å². The first-order chi connectivity index (χ1) is 15.3. The minimum absolute atomic E-state index is 0.0693. The van der Waals surface area contributed by atoms with E-state index < -0.39 is 6.10 Å². The zero-order valence-electron chi connectivity index (χ0n) is 19.3. The van der Waals surface area contributed by atoms with Crippen molar-refractivity contribution in [3.05, 3.63) is 30.0 Å². The van der Waals surface area contributed by atoms with Crippen molar-refractivity contribution in [3.8, 4) is 0 Å². The molecule has 3 heterocycles. The van der Waals surface area contributed by atoms with Crippen molar-refractivity contribution >= 4 is 22.6 Å². The number of aliphatic hydroxyl groups is 1. The zero-order valence-corrected chi connectivity index (χ0v) is 19.3. The van der Waals surface area contributed by atoms with Crippen LogP contribution in [0.2, 0.25) is 0 Å². The van der Waals surface area contributed by atoms with Crippen LogP contribution in [0.15, 0.2) is 24.3 Å². The molecule has 2 bridgehead atoms. The Morgan fingerprint density at radius 1 is 1.19 bits per heavy atom. The number of Topliss-reactive ketones (excluding diaryl/α,β-unsaturated/α-hetero) is 1. The summed E-state index contributed by atoms with van der Waals surface area (Å²) in [6.45, 7) is 6.98. The zero-order chi connectivity index (χ0) is 22.8. The van der Waals surface area contributed by atoms with E-state index >= 15 is 0 Å². The Kier molecular flexibility index (Phi) is 6.93. The topological polar surface area (TPSA) is 99.5 Å². The number of amides is 1. The smallest absolute Gasteiger partial charge is 0.272 e. The quantitative estimate of drug-likeness (QED) is 0.550. The number of ketones is 1. The first kappa shape index (κ1) is 22.9. The SMILES string of the molecule is CC(=O)CNCC(O)CN1C2CCC1CC(NC(=O)c1nn(C(C)C)c3ccccc13)C2. The van der Waals surface area contributed by atoms with Gasteiger partial charge in [-0.05, 0) is 52.5 Å². The van der Waals surface area contributed by atoms with Crippen molar-refractivity contribution in [1.29, 1.82) is 0 Å². The number of piperidine rings is 1. The molecule has 0 saturated carbocycles. The number of fused-ring (bicyclic) bond motifs is 3. The molecular weight excluding hydrogens is 406 g/mol. The number of carbonyl (C=O) groups is 2. The van der Waals surface area contributed by atoms with Crippen LogP contribution in [0, 0.1) is 0 Å². The molecule has 1 aromatic carbocycles. The van der Waals surface area contributed by atoms with Gasteiger partial charge in [-0.25, -0.2) is 0 Å². The number of benzene rings is 1. The summed E-state index contributed by atoms with van der Waals surface area (Å²) in [6, 6.07) is 8.92. The molecule has 2 saturated heterocycles. The van der Waals surface area contributed by atoms with Crippen LogP contribution in [-0.2, 0) is 4.79 Å². The molecule has 32 heavy (non-hydrogen) atoms. The molecule has 8 heteroatoms. The molecule has 0 aliphatic carbocycles. The first-order valence-corrected chi connectivity index (χ1v) is 11.8. The van der Waals surface area contributed by atoms with Crippen LogP contribution >= 0.6 is 0 Å². The molecule has 2 aliphatic heterocycles. The number of nitrogens with one attached hydrogen (secondary N) is 2. The van der Waals surface area contributed by atoms with Gasteiger partial charge >= 0.3 is 0 Å². The molecule has 2 aromatic rings. The molecule has 8 nitrogen and oxygen atoms in total. The number of hydrogen-bond donors (Lipinski definition) is 3. The number of hydrogen-bond acceptors (Lipinski definition) is 6. The van der Waals surface area contributed by atoms with Gasteiger partial charge in [-0.3, -0.25) is 19.2 Å². The summed E-state index contributed by atoms with van der Waals surface area (Å²) in [5.74, 6) is -0.0354. The number of carbonyl (C=O) groups excluding carboxylic acids is 2. The van der Waals surface area contributed by atoms with Gasteiger partial charge in [-0.2, -0.15) is 5.10 Å². The Bertz CT molecular complexity index is 958. The van der Waals surface area contributed by atoms with Crippen molar-refractivity contribution < 1.29 is 14.7 Å². The molecule has 0 spiro atoms. The normalized spacial score (nSPS) is 24.2. The fraction of sp³-hybridized carbons (Fsp3) is 0.625. The summed E-state index contributed by atoms with van der Waals surface area (Å²) in [6.07, 6.45) is 3.46. The molecule has 0 radical (unpaired) electrons. The van der Waals surface area contributed by atoms with Gasteiger partial charge < -0.3 is 15.7 Å². The highest BCUT2D eigenvalue weighted by Crippen LogP contribution is 2.36. The van der Waals surface area contributed by atoms with Crippen LogP contribution in [-0.4, -0.2) is 75.3 Å². The summed E-state index contributed by atoms with van der Waals surface area (Å²) in [5.41, 5.74) is 1.48. The number of aromatic nitrogens is 2. The molecule has 1 amide bonds. The molecule has 1 aromatic heterocycles. The lowest BCUT2D eigenvalue weighted by Crippen LogP contribution is -2.53. The van der Waals surface area contributed by atoms with Crippen molar-refractivity contribution in [2.75, 3.05) is 19.6 Å². The molecule has 3 atom stereocenters. The number of nitrogens with zero attached hydrogens (tertiary/aromatic N) is 3. The second kappa shape index (κ2) is 9.68. The Morgan fingerprint density at radius 2 is 1.88 bits per heavy atom. The van der Waals surface area contributed by atoms with Crippen molar-refractivity contribution in [2.24, 2.45) is 0 Å². The van der Waals surface area contributed by atoms with Crippen LogP contribution in [0.4, 0.5) is 0 Å². The molecular formula is C24H35N5O3. The monoisotopic (exact) mass is 441 g/mol. The first-order valence-electron chi connectivity index (χ1n) is 11.8. The van der Waals surface area contributed by atoms with Gasteiger partial charge in [0.05, 0.1) is 18.2 Å². The molecule has 3 unspecified atom stereocenters. The number of aliphatic hydroxyl groups excluding tert-OH is 1. The van der Waals surface area contributed by atoms with Gasteiger partial charge in [-0.15, -0.1) is 0 Å². The second-order valence-electron chi connectivity index (χ2n) is 9.61. The summed E-state index contributed by atoms with van der Waals surface area (Å²) < 4.78 is 1.91. The van der Waals surface area contributed by atoms with Gasteiger partial charge in [0.25, 0.3) is 5.91 Å². The minimum atomic E-state index is -0.505. The fourth-order valence-electron chi connectivity index (χ4n) is 5.32. The Morgan fingerprint density at radius 3 is 2.53 bits per heavy atom. The molecule has 2 fully saturated rings.